The maximum absolute atomic E-state index is 12.5. The lowest BCUT2D eigenvalue weighted by Crippen LogP contribution is -2.30. The van der Waals surface area contributed by atoms with Gasteiger partial charge in [0.2, 0.25) is 5.91 Å². The molecule has 0 aromatic heterocycles. The summed E-state index contributed by atoms with van der Waals surface area (Å²) in [5.41, 5.74) is 6.41. The summed E-state index contributed by atoms with van der Waals surface area (Å²) in [6, 6.07) is 4.92. The van der Waals surface area contributed by atoms with Gasteiger partial charge in [0.25, 0.3) is 5.91 Å². The number of hydrogen-bond donors (Lipinski definition) is 2. The second kappa shape index (κ2) is 6.91. The predicted octanol–water partition coefficient (Wildman–Crippen LogP) is 2.11. The largest absolute Gasteiger partial charge is 0.339 e. The monoisotopic (exact) mass is 309 g/mol. The first-order valence-corrected chi connectivity index (χ1v) is 7.50. The molecule has 6 heteroatoms. The summed E-state index contributed by atoms with van der Waals surface area (Å²) in [6.07, 6.45) is 2.02. The highest BCUT2D eigenvalue weighted by Crippen LogP contribution is 2.24. The second-order valence-electron chi connectivity index (χ2n) is 5.32. The van der Waals surface area contributed by atoms with Gasteiger partial charge in [-0.1, -0.05) is 18.5 Å². The predicted molar refractivity (Wildman–Crippen MR) is 83.4 cm³/mol. The Labute approximate surface area is 129 Å². The van der Waals surface area contributed by atoms with E-state index in [-0.39, 0.29) is 24.3 Å². The number of amides is 2. The molecule has 114 valence electrons. The van der Waals surface area contributed by atoms with Crippen molar-refractivity contribution in [1.82, 2.24) is 4.90 Å². The van der Waals surface area contributed by atoms with Crippen molar-refractivity contribution >= 4 is 29.1 Å². The maximum Gasteiger partial charge on any atom is 0.256 e. The quantitative estimate of drug-likeness (QED) is 0.894. The fraction of sp³-hybridized carbons (Fsp3) is 0.467. The van der Waals surface area contributed by atoms with Crippen LogP contribution >= 0.6 is 11.6 Å². The van der Waals surface area contributed by atoms with Crippen LogP contribution in [0.2, 0.25) is 5.02 Å². The number of carbonyl (C=O) groups excluding carboxylic acids is 2. The Hall–Kier alpha value is -1.59. The Morgan fingerprint density at radius 2 is 2.05 bits per heavy atom. The van der Waals surface area contributed by atoms with Crippen LogP contribution in [0.5, 0.6) is 0 Å². The summed E-state index contributed by atoms with van der Waals surface area (Å²) >= 11 is 5.99. The molecule has 1 heterocycles. The minimum absolute atomic E-state index is 0.0919. The Balaban J connectivity index is 2.24. The minimum atomic E-state index is -0.310. The van der Waals surface area contributed by atoms with Gasteiger partial charge in [-0.3, -0.25) is 9.59 Å². The van der Waals surface area contributed by atoms with E-state index in [1.807, 2.05) is 0 Å². The van der Waals surface area contributed by atoms with Gasteiger partial charge in [-0.15, -0.1) is 0 Å². The molecule has 1 aliphatic heterocycles. The van der Waals surface area contributed by atoms with Gasteiger partial charge >= 0.3 is 0 Å². The number of rotatable bonds is 4. The smallest absolute Gasteiger partial charge is 0.256 e. The van der Waals surface area contributed by atoms with Crippen molar-refractivity contribution < 1.29 is 9.59 Å². The molecule has 0 spiro atoms. The van der Waals surface area contributed by atoms with Gasteiger partial charge in [-0.05, 0) is 31.0 Å². The van der Waals surface area contributed by atoms with Crippen molar-refractivity contribution in [1.29, 1.82) is 0 Å². The van der Waals surface area contributed by atoms with Crippen LogP contribution < -0.4 is 11.1 Å². The average Bonchev–Trinajstić information content (AvgIpc) is 3.01. The zero-order valence-electron chi connectivity index (χ0n) is 12.1. The van der Waals surface area contributed by atoms with Gasteiger partial charge in [0.15, 0.2) is 0 Å². The van der Waals surface area contributed by atoms with Crippen LogP contribution in [-0.2, 0) is 4.79 Å². The highest BCUT2D eigenvalue weighted by atomic mass is 35.5. The van der Waals surface area contributed by atoms with Gasteiger partial charge in [-0.2, -0.15) is 0 Å². The molecule has 2 amide bonds. The molecule has 0 radical (unpaired) electrons. The molecule has 2 rings (SSSR count). The number of nitrogens with two attached hydrogens (primary N) is 1. The van der Waals surface area contributed by atoms with E-state index >= 15 is 0 Å². The summed E-state index contributed by atoms with van der Waals surface area (Å²) in [5, 5.41) is 3.24. The van der Waals surface area contributed by atoms with Crippen LogP contribution in [0.4, 0.5) is 5.69 Å². The molecule has 5 nitrogen and oxygen atoms in total. The maximum atomic E-state index is 12.5. The van der Waals surface area contributed by atoms with Gasteiger partial charge in [0.1, 0.15) is 0 Å². The normalized spacial score (nSPS) is 15.9. The molecule has 0 bridgehead atoms. The molecule has 1 aromatic carbocycles. The lowest BCUT2D eigenvalue weighted by atomic mass is 10.1. The molecule has 3 N–H and O–H groups in total. The van der Waals surface area contributed by atoms with E-state index in [0.29, 0.717) is 16.3 Å². The van der Waals surface area contributed by atoms with Crippen LogP contribution in [-0.4, -0.2) is 36.3 Å². The van der Waals surface area contributed by atoms with E-state index in [1.165, 1.54) is 0 Å². The molecule has 1 fully saturated rings. The number of hydrogen-bond acceptors (Lipinski definition) is 3. The third-order valence-corrected chi connectivity index (χ3v) is 3.90. The molecule has 1 atom stereocenters. The van der Waals surface area contributed by atoms with Crippen LogP contribution in [0, 0.1) is 5.92 Å². The Kier molecular flexibility index (Phi) is 5.20. The van der Waals surface area contributed by atoms with Crippen molar-refractivity contribution in [2.24, 2.45) is 11.7 Å². The lowest BCUT2D eigenvalue weighted by Gasteiger charge is -2.19. The van der Waals surface area contributed by atoms with Gasteiger partial charge in [0.05, 0.1) is 11.3 Å². The van der Waals surface area contributed by atoms with Crippen LogP contribution in [0.1, 0.15) is 30.1 Å². The van der Waals surface area contributed by atoms with E-state index in [0.717, 1.165) is 25.9 Å². The highest BCUT2D eigenvalue weighted by molar-refractivity contribution is 6.31. The summed E-state index contributed by atoms with van der Waals surface area (Å²) < 4.78 is 0. The first-order valence-electron chi connectivity index (χ1n) is 7.12. The van der Waals surface area contributed by atoms with Crippen molar-refractivity contribution in [3.8, 4) is 0 Å². The van der Waals surface area contributed by atoms with Gasteiger partial charge in [0, 0.05) is 30.6 Å². The molecule has 1 unspecified atom stereocenters. The molecule has 1 aromatic rings. The molecule has 21 heavy (non-hydrogen) atoms. The Morgan fingerprint density at radius 1 is 1.38 bits per heavy atom. The number of nitrogens with zero attached hydrogens (tertiary/aromatic N) is 1. The van der Waals surface area contributed by atoms with E-state index in [4.69, 9.17) is 17.3 Å². The number of carbonyl (C=O) groups is 2. The second-order valence-corrected chi connectivity index (χ2v) is 5.75. The first kappa shape index (κ1) is 15.8. The summed E-state index contributed by atoms with van der Waals surface area (Å²) in [6.45, 7) is 3.50. The van der Waals surface area contributed by atoms with Crippen molar-refractivity contribution in [3.05, 3.63) is 28.8 Å². The molecule has 1 saturated heterocycles. The van der Waals surface area contributed by atoms with E-state index in [2.05, 4.69) is 5.32 Å². The van der Waals surface area contributed by atoms with Gasteiger partial charge < -0.3 is 16.0 Å². The number of anilines is 1. The third-order valence-electron chi connectivity index (χ3n) is 3.66. The number of halogens is 1. The highest BCUT2D eigenvalue weighted by Gasteiger charge is 2.23. The standard InChI is InChI=1S/C15H20ClN3O2/c1-10(9-17)14(20)18-13-5-4-11(16)8-12(13)15(21)19-6-2-3-7-19/h4-5,8,10H,2-3,6-7,9,17H2,1H3,(H,18,20). The third kappa shape index (κ3) is 3.74. The summed E-state index contributed by atoms with van der Waals surface area (Å²) in [5.74, 6) is -0.601. The molecule has 0 aliphatic carbocycles. The van der Waals surface area contributed by atoms with Gasteiger partial charge in [-0.25, -0.2) is 0 Å². The fourth-order valence-electron chi connectivity index (χ4n) is 2.26. The number of likely N-dealkylation sites (tertiary alicyclic amines) is 1. The van der Waals surface area contributed by atoms with E-state index in [9.17, 15) is 9.59 Å². The number of benzene rings is 1. The Morgan fingerprint density at radius 3 is 2.67 bits per heavy atom. The van der Waals surface area contributed by atoms with Crippen molar-refractivity contribution in [2.45, 2.75) is 19.8 Å². The van der Waals surface area contributed by atoms with Crippen LogP contribution in [0.3, 0.4) is 0 Å². The molecule has 0 saturated carbocycles. The molecule has 1 aliphatic rings. The van der Waals surface area contributed by atoms with Crippen LogP contribution in [0.15, 0.2) is 18.2 Å². The SMILES string of the molecule is CC(CN)C(=O)Nc1ccc(Cl)cc1C(=O)N1CCCC1. The van der Waals surface area contributed by atoms with Crippen molar-refractivity contribution in [3.63, 3.8) is 0 Å². The summed E-state index contributed by atoms with van der Waals surface area (Å²) in [7, 11) is 0. The first-order chi connectivity index (χ1) is 10.0. The lowest BCUT2D eigenvalue weighted by molar-refractivity contribution is -0.119. The molecular formula is C15H20ClN3O2. The van der Waals surface area contributed by atoms with Crippen molar-refractivity contribution in [2.75, 3.05) is 25.0 Å². The average molecular weight is 310 g/mol. The minimum Gasteiger partial charge on any atom is -0.339 e. The number of nitrogens with one attached hydrogen (secondary N) is 1. The zero-order valence-corrected chi connectivity index (χ0v) is 12.8. The zero-order chi connectivity index (χ0) is 15.4. The van der Waals surface area contributed by atoms with Crippen LogP contribution in [0.25, 0.3) is 0 Å². The topological polar surface area (TPSA) is 75.4 Å². The van der Waals surface area contributed by atoms with E-state index < -0.39 is 0 Å². The van der Waals surface area contributed by atoms with E-state index in [1.54, 1.807) is 30.0 Å². The molecular weight excluding hydrogens is 290 g/mol. The Bertz CT molecular complexity index is 542. The summed E-state index contributed by atoms with van der Waals surface area (Å²) in [4.78, 5) is 26.3. The fourth-order valence-corrected chi connectivity index (χ4v) is 2.43.